The molecule has 16 heavy (non-hydrogen) atoms. The van der Waals surface area contributed by atoms with Crippen LogP contribution in [-0.4, -0.2) is 26.4 Å². The molecular formula is C11H8N2O3. The maximum Gasteiger partial charge on any atom is 0.338 e. The molecule has 0 unspecified atom stereocenters. The number of rotatable bonds is 2. The number of benzene rings is 1. The Morgan fingerprint density at radius 1 is 1.06 bits per heavy atom. The normalized spacial score (nSPS) is 10.0. The van der Waals surface area contributed by atoms with Crippen molar-refractivity contribution in [1.29, 1.82) is 0 Å². The van der Waals surface area contributed by atoms with Crippen LogP contribution in [-0.2, 0) is 0 Å². The fourth-order valence-electron chi connectivity index (χ4n) is 1.36. The van der Waals surface area contributed by atoms with E-state index in [0.717, 1.165) is 0 Å². The Balaban J connectivity index is 2.55. The van der Waals surface area contributed by atoms with Gasteiger partial charge in [-0.1, -0.05) is 12.1 Å². The number of carboxylic acid groups (broad SMARTS) is 1. The molecule has 0 aliphatic heterocycles. The SMILES string of the molecule is O=C(O)c1cnncc1-c1ccc(O)cc1. The monoisotopic (exact) mass is 216 g/mol. The molecule has 5 nitrogen and oxygen atoms in total. The van der Waals surface area contributed by atoms with Gasteiger partial charge in [-0.2, -0.15) is 10.2 Å². The van der Waals surface area contributed by atoms with Gasteiger partial charge >= 0.3 is 5.97 Å². The molecule has 0 aliphatic rings. The van der Waals surface area contributed by atoms with E-state index in [9.17, 15) is 4.79 Å². The molecule has 0 saturated heterocycles. The standard InChI is InChI=1S/C11H8N2O3/c14-8-3-1-7(2-4-8)9-5-12-13-6-10(9)11(15)16/h1-6,14H,(H,15,16). The van der Waals surface area contributed by atoms with Crippen molar-refractivity contribution in [2.45, 2.75) is 0 Å². The summed E-state index contributed by atoms with van der Waals surface area (Å²) in [6.45, 7) is 0. The van der Waals surface area contributed by atoms with E-state index in [1.807, 2.05) is 0 Å². The van der Waals surface area contributed by atoms with Crippen molar-refractivity contribution in [2.24, 2.45) is 0 Å². The summed E-state index contributed by atoms with van der Waals surface area (Å²) in [6.07, 6.45) is 2.58. The van der Waals surface area contributed by atoms with E-state index < -0.39 is 5.97 Å². The molecule has 0 spiro atoms. The van der Waals surface area contributed by atoms with Gasteiger partial charge in [0.1, 0.15) is 5.75 Å². The Morgan fingerprint density at radius 2 is 1.69 bits per heavy atom. The van der Waals surface area contributed by atoms with Crippen LogP contribution in [0.25, 0.3) is 11.1 Å². The van der Waals surface area contributed by atoms with Crippen molar-refractivity contribution in [3.8, 4) is 16.9 Å². The summed E-state index contributed by atoms with van der Waals surface area (Å²) < 4.78 is 0. The van der Waals surface area contributed by atoms with E-state index in [4.69, 9.17) is 10.2 Å². The third-order valence-corrected chi connectivity index (χ3v) is 2.14. The lowest BCUT2D eigenvalue weighted by Crippen LogP contribution is -2.01. The van der Waals surface area contributed by atoms with E-state index in [1.54, 1.807) is 12.1 Å². The molecule has 2 aromatic rings. The minimum Gasteiger partial charge on any atom is -0.508 e. The van der Waals surface area contributed by atoms with Crippen molar-refractivity contribution >= 4 is 5.97 Å². The maximum atomic E-state index is 10.9. The Labute approximate surface area is 91.0 Å². The predicted molar refractivity (Wildman–Crippen MR) is 56.1 cm³/mol. The second-order valence-electron chi connectivity index (χ2n) is 3.17. The summed E-state index contributed by atoms with van der Waals surface area (Å²) >= 11 is 0. The summed E-state index contributed by atoms with van der Waals surface area (Å²) in [4.78, 5) is 10.9. The number of carboxylic acids is 1. The van der Waals surface area contributed by atoms with E-state index in [2.05, 4.69) is 10.2 Å². The molecule has 0 radical (unpaired) electrons. The molecule has 1 aromatic carbocycles. The lowest BCUT2D eigenvalue weighted by molar-refractivity contribution is 0.0697. The molecule has 1 aromatic heterocycles. The van der Waals surface area contributed by atoms with Crippen molar-refractivity contribution in [2.75, 3.05) is 0 Å². The molecular weight excluding hydrogens is 208 g/mol. The Bertz CT molecular complexity index is 523. The number of aromatic nitrogens is 2. The Kier molecular flexibility index (Phi) is 2.51. The first-order valence-electron chi connectivity index (χ1n) is 4.52. The van der Waals surface area contributed by atoms with Crippen LogP contribution in [0.1, 0.15) is 10.4 Å². The molecule has 5 heteroatoms. The lowest BCUT2D eigenvalue weighted by atomic mass is 10.0. The van der Waals surface area contributed by atoms with Gasteiger partial charge in [0.2, 0.25) is 0 Å². The first kappa shape index (κ1) is 10.1. The highest BCUT2D eigenvalue weighted by atomic mass is 16.4. The van der Waals surface area contributed by atoms with Crippen molar-refractivity contribution in [3.05, 3.63) is 42.2 Å². The fourth-order valence-corrected chi connectivity index (χ4v) is 1.36. The largest absolute Gasteiger partial charge is 0.508 e. The highest BCUT2D eigenvalue weighted by Crippen LogP contribution is 2.23. The van der Waals surface area contributed by atoms with Crippen molar-refractivity contribution in [1.82, 2.24) is 10.2 Å². The molecule has 0 atom stereocenters. The zero-order valence-corrected chi connectivity index (χ0v) is 8.16. The molecule has 0 bridgehead atoms. The molecule has 1 heterocycles. The zero-order chi connectivity index (χ0) is 11.5. The summed E-state index contributed by atoms with van der Waals surface area (Å²) in [5.41, 5.74) is 1.23. The number of phenolic OH excluding ortho intramolecular Hbond substituents is 1. The second kappa shape index (κ2) is 3.98. The van der Waals surface area contributed by atoms with Crippen LogP contribution >= 0.6 is 0 Å². The number of hydrogen-bond donors (Lipinski definition) is 2. The first-order valence-corrected chi connectivity index (χ1v) is 4.52. The highest BCUT2D eigenvalue weighted by Gasteiger charge is 2.11. The maximum absolute atomic E-state index is 10.9. The molecule has 0 fully saturated rings. The minimum atomic E-state index is -1.06. The van der Waals surface area contributed by atoms with Crippen LogP contribution < -0.4 is 0 Å². The lowest BCUT2D eigenvalue weighted by Gasteiger charge is -2.04. The number of hydrogen-bond acceptors (Lipinski definition) is 4. The highest BCUT2D eigenvalue weighted by molar-refractivity contribution is 5.95. The molecule has 0 saturated carbocycles. The summed E-state index contributed by atoms with van der Waals surface area (Å²) in [5, 5.41) is 25.3. The molecule has 2 rings (SSSR count). The average molecular weight is 216 g/mol. The van der Waals surface area contributed by atoms with Crippen LogP contribution in [0.15, 0.2) is 36.7 Å². The van der Waals surface area contributed by atoms with Gasteiger partial charge in [0.15, 0.2) is 0 Å². The van der Waals surface area contributed by atoms with Gasteiger partial charge in [-0.25, -0.2) is 4.79 Å². The molecule has 0 aliphatic carbocycles. The van der Waals surface area contributed by atoms with Crippen molar-refractivity contribution in [3.63, 3.8) is 0 Å². The number of nitrogens with zero attached hydrogens (tertiary/aromatic N) is 2. The van der Waals surface area contributed by atoms with Gasteiger partial charge < -0.3 is 10.2 Å². The van der Waals surface area contributed by atoms with Crippen LogP contribution in [0.5, 0.6) is 5.75 Å². The van der Waals surface area contributed by atoms with Crippen LogP contribution in [0.2, 0.25) is 0 Å². The van der Waals surface area contributed by atoms with E-state index in [1.165, 1.54) is 24.5 Å². The zero-order valence-electron chi connectivity index (χ0n) is 8.16. The van der Waals surface area contributed by atoms with Gasteiger partial charge in [-0.3, -0.25) is 0 Å². The van der Waals surface area contributed by atoms with E-state index in [0.29, 0.717) is 11.1 Å². The van der Waals surface area contributed by atoms with Gasteiger partial charge in [-0.05, 0) is 17.7 Å². The van der Waals surface area contributed by atoms with Crippen LogP contribution in [0.3, 0.4) is 0 Å². The third kappa shape index (κ3) is 1.83. The van der Waals surface area contributed by atoms with Crippen molar-refractivity contribution < 1.29 is 15.0 Å². The Morgan fingerprint density at radius 3 is 2.31 bits per heavy atom. The fraction of sp³-hybridized carbons (Fsp3) is 0. The molecule has 2 N–H and O–H groups in total. The van der Waals surface area contributed by atoms with Gasteiger partial charge in [0.05, 0.1) is 18.0 Å². The summed E-state index contributed by atoms with van der Waals surface area (Å²) in [5.74, 6) is -0.930. The van der Waals surface area contributed by atoms with Gasteiger partial charge in [-0.15, -0.1) is 0 Å². The average Bonchev–Trinajstić information content (AvgIpc) is 2.30. The number of carbonyl (C=O) groups is 1. The topological polar surface area (TPSA) is 83.3 Å². The van der Waals surface area contributed by atoms with E-state index in [-0.39, 0.29) is 11.3 Å². The van der Waals surface area contributed by atoms with Gasteiger partial charge in [0, 0.05) is 5.56 Å². The molecule has 0 amide bonds. The predicted octanol–water partition coefficient (Wildman–Crippen LogP) is 1.55. The summed E-state index contributed by atoms with van der Waals surface area (Å²) in [6, 6.07) is 6.22. The number of aromatic carboxylic acids is 1. The summed E-state index contributed by atoms with van der Waals surface area (Å²) in [7, 11) is 0. The third-order valence-electron chi connectivity index (χ3n) is 2.14. The smallest absolute Gasteiger partial charge is 0.338 e. The van der Waals surface area contributed by atoms with Crippen LogP contribution in [0, 0.1) is 0 Å². The number of aromatic hydroxyl groups is 1. The van der Waals surface area contributed by atoms with E-state index >= 15 is 0 Å². The number of phenols is 1. The minimum absolute atomic E-state index is 0.0840. The first-order chi connectivity index (χ1) is 7.68. The Hall–Kier alpha value is -2.43. The molecule has 80 valence electrons. The van der Waals surface area contributed by atoms with Crippen LogP contribution in [0.4, 0.5) is 0 Å². The quantitative estimate of drug-likeness (QED) is 0.795. The van der Waals surface area contributed by atoms with Gasteiger partial charge in [0.25, 0.3) is 0 Å². The second-order valence-corrected chi connectivity index (χ2v) is 3.17.